The van der Waals surface area contributed by atoms with Gasteiger partial charge in [-0.15, -0.1) is 0 Å². The van der Waals surface area contributed by atoms with Gasteiger partial charge in [-0.1, -0.05) is 0 Å². The number of rotatable bonds is 4. The highest BCUT2D eigenvalue weighted by Gasteiger charge is 2.50. The summed E-state index contributed by atoms with van der Waals surface area (Å²) in [6.45, 7) is 0. The second kappa shape index (κ2) is 3.38. The molecule has 1 unspecified atom stereocenters. The lowest BCUT2D eigenvalue weighted by molar-refractivity contribution is -0.138. The zero-order valence-electron chi connectivity index (χ0n) is 6.83. The van der Waals surface area contributed by atoms with Gasteiger partial charge in [0.25, 0.3) is 0 Å². The predicted molar refractivity (Wildman–Crippen MR) is 44.2 cm³/mol. The fraction of sp³-hybridized carbons (Fsp3) is 0.833. The molecule has 0 amide bonds. The van der Waals surface area contributed by atoms with Crippen LogP contribution in [0.4, 0.5) is 0 Å². The number of carboxylic acids is 1. The van der Waals surface area contributed by atoms with Crippen molar-refractivity contribution in [3.63, 3.8) is 0 Å². The van der Waals surface area contributed by atoms with Crippen molar-refractivity contribution >= 4 is 13.6 Å². The summed E-state index contributed by atoms with van der Waals surface area (Å²) in [5.74, 6) is -1.36. The highest BCUT2D eigenvalue weighted by molar-refractivity contribution is 7.53. The maximum atomic E-state index is 10.7. The fourth-order valence-corrected chi connectivity index (χ4v) is 2.54. The molecule has 1 rings (SSSR count). The Balaban J connectivity index is 2.37. The lowest BCUT2D eigenvalue weighted by Crippen LogP contribution is -2.30. The van der Waals surface area contributed by atoms with Crippen LogP contribution in [-0.4, -0.2) is 32.6 Å². The average molecular weight is 209 g/mol. The SMILES string of the molecule is N[C@H](C[C@H]1CC1P(=O)(O)O)C(=O)O. The van der Waals surface area contributed by atoms with Gasteiger partial charge in [0.2, 0.25) is 0 Å². The average Bonchev–Trinajstić information content (AvgIpc) is 2.65. The molecule has 1 aliphatic rings. The molecule has 0 aliphatic heterocycles. The summed E-state index contributed by atoms with van der Waals surface area (Å²) in [7, 11) is -4.02. The van der Waals surface area contributed by atoms with Crippen LogP contribution in [0.15, 0.2) is 0 Å². The zero-order valence-corrected chi connectivity index (χ0v) is 7.72. The van der Waals surface area contributed by atoms with E-state index in [2.05, 4.69) is 0 Å². The molecule has 0 heterocycles. The molecule has 0 aromatic carbocycles. The Bertz CT molecular complexity index is 262. The molecule has 0 spiro atoms. The number of carbonyl (C=O) groups is 1. The van der Waals surface area contributed by atoms with E-state index in [0.717, 1.165) is 0 Å². The molecule has 13 heavy (non-hydrogen) atoms. The molecule has 1 fully saturated rings. The number of hydrogen-bond acceptors (Lipinski definition) is 3. The van der Waals surface area contributed by atoms with Gasteiger partial charge in [-0.05, 0) is 18.8 Å². The number of nitrogens with two attached hydrogens (primary N) is 1. The van der Waals surface area contributed by atoms with E-state index in [1.165, 1.54) is 0 Å². The quantitative estimate of drug-likeness (QED) is 0.457. The third kappa shape index (κ3) is 2.77. The minimum absolute atomic E-state index is 0.144. The summed E-state index contributed by atoms with van der Waals surface area (Å²) in [6.07, 6.45) is 0.524. The Labute approximate surface area is 74.9 Å². The van der Waals surface area contributed by atoms with Gasteiger partial charge >= 0.3 is 13.6 Å². The third-order valence-corrected chi connectivity index (χ3v) is 3.69. The van der Waals surface area contributed by atoms with Crippen LogP contribution in [0.25, 0.3) is 0 Å². The summed E-state index contributed by atoms with van der Waals surface area (Å²) < 4.78 is 10.7. The van der Waals surface area contributed by atoms with Gasteiger partial charge in [0.05, 0.1) is 5.66 Å². The summed E-state index contributed by atoms with van der Waals surface area (Å²) in [5.41, 5.74) is 4.54. The van der Waals surface area contributed by atoms with Gasteiger partial charge < -0.3 is 20.6 Å². The summed E-state index contributed by atoms with van der Waals surface area (Å²) in [6, 6.07) is -1.01. The van der Waals surface area contributed by atoms with Gasteiger partial charge in [0.1, 0.15) is 6.04 Å². The van der Waals surface area contributed by atoms with Crippen LogP contribution in [0.1, 0.15) is 12.8 Å². The first-order valence-corrected chi connectivity index (χ1v) is 5.54. The lowest BCUT2D eigenvalue weighted by atomic mass is 10.1. The van der Waals surface area contributed by atoms with Crippen LogP contribution in [0, 0.1) is 5.92 Å². The number of hydrogen-bond donors (Lipinski definition) is 4. The lowest BCUT2D eigenvalue weighted by Gasteiger charge is -2.05. The Morgan fingerprint density at radius 2 is 2.15 bits per heavy atom. The molecule has 5 N–H and O–H groups in total. The molecule has 0 radical (unpaired) electrons. The van der Waals surface area contributed by atoms with E-state index in [0.29, 0.717) is 6.42 Å². The van der Waals surface area contributed by atoms with Crippen LogP contribution in [0.3, 0.4) is 0 Å². The van der Waals surface area contributed by atoms with Gasteiger partial charge in [-0.25, -0.2) is 0 Å². The van der Waals surface area contributed by atoms with Gasteiger partial charge in [-0.3, -0.25) is 9.36 Å². The zero-order chi connectivity index (χ0) is 10.2. The van der Waals surface area contributed by atoms with E-state index >= 15 is 0 Å². The minimum atomic E-state index is -4.02. The molecule has 6 nitrogen and oxygen atoms in total. The van der Waals surface area contributed by atoms with E-state index < -0.39 is 25.3 Å². The molecular formula is C6H12NO5P. The summed E-state index contributed by atoms with van der Waals surface area (Å²) in [4.78, 5) is 27.7. The van der Waals surface area contributed by atoms with Crippen molar-refractivity contribution < 1.29 is 24.3 Å². The maximum Gasteiger partial charge on any atom is 0.328 e. The number of aliphatic carboxylic acids is 1. The molecule has 0 aromatic rings. The van der Waals surface area contributed by atoms with E-state index in [9.17, 15) is 9.36 Å². The van der Waals surface area contributed by atoms with Crippen LogP contribution < -0.4 is 5.73 Å². The van der Waals surface area contributed by atoms with Crippen LogP contribution in [0.5, 0.6) is 0 Å². The first kappa shape index (κ1) is 10.7. The largest absolute Gasteiger partial charge is 0.480 e. The molecule has 7 heteroatoms. The van der Waals surface area contributed by atoms with Crippen molar-refractivity contribution in [2.24, 2.45) is 11.7 Å². The molecule has 1 aliphatic carbocycles. The molecule has 0 saturated heterocycles. The first-order valence-electron chi connectivity index (χ1n) is 3.86. The van der Waals surface area contributed by atoms with Crippen LogP contribution >= 0.6 is 7.60 Å². The molecule has 76 valence electrons. The smallest absolute Gasteiger partial charge is 0.328 e. The number of carboxylic acid groups (broad SMARTS) is 1. The second-order valence-electron chi connectivity index (χ2n) is 3.33. The fourth-order valence-electron chi connectivity index (χ4n) is 1.32. The Morgan fingerprint density at radius 3 is 2.46 bits per heavy atom. The van der Waals surface area contributed by atoms with Crippen LogP contribution in [-0.2, 0) is 9.36 Å². The third-order valence-electron chi connectivity index (χ3n) is 2.19. The highest BCUT2D eigenvalue weighted by atomic mass is 31.2. The van der Waals surface area contributed by atoms with Crippen molar-refractivity contribution in [1.29, 1.82) is 0 Å². The van der Waals surface area contributed by atoms with Crippen LogP contribution in [0.2, 0.25) is 0 Å². The summed E-state index contributed by atoms with van der Waals surface area (Å²) >= 11 is 0. The molecule has 0 aromatic heterocycles. The molecule has 1 saturated carbocycles. The van der Waals surface area contributed by atoms with Crippen molar-refractivity contribution in [1.82, 2.24) is 0 Å². The van der Waals surface area contributed by atoms with Crippen molar-refractivity contribution in [3.05, 3.63) is 0 Å². The maximum absolute atomic E-state index is 10.7. The highest BCUT2D eigenvalue weighted by Crippen LogP contribution is 2.59. The predicted octanol–water partition coefficient (Wildman–Crippen LogP) is -0.645. The Kier molecular flexibility index (Phi) is 2.77. The van der Waals surface area contributed by atoms with Gasteiger partial charge in [-0.2, -0.15) is 0 Å². The van der Waals surface area contributed by atoms with Crippen molar-refractivity contribution in [3.8, 4) is 0 Å². The topological polar surface area (TPSA) is 121 Å². The van der Waals surface area contributed by atoms with E-state index in [-0.39, 0.29) is 12.3 Å². The Hall–Kier alpha value is -0.420. The Morgan fingerprint density at radius 1 is 1.62 bits per heavy atom. The second-order valence-corrected chi connectivity index (χ2v) is 5.17. The standard InChI is InChI=1S/C6H12NO5P/c7-4(6(8)9)1-3-2-5(3)13(10,11)12/h3-5H,1-2,7H2,(H,8,9)(H2,10,11,12)/t3-,4+,5?/m0/s1. The molecular weight excluding hydrogens is 197 g/mol. The van der Waals surface area contributed by atoms with Crippen molar-refractivity contribution in [2.75, 3.05) is 0 Å². The normalized spacial score (nSPS) is 29.8. The van der Waals surface area contributed by atoms with E-state index in [1.807, 2.05) is 0 Å². The minimum Gasteiger partial charge on any atom is -0.480 e. The summed E-state index contributed by atoms with van der Waals surface area (Å²) in [5, 5.41) is 8.43. The first-order chi connectivity index (χ1) is 5.82. The van der Waals surface area contributed by atoms with E-state index in [1.54, 1.807) is 0 Å². The van der Waals surface area contributed by atoms with E-state index in [4.69, 9.17) is 20.6 Å². The molecule has 0 bridgehead atoms. The molecule has 3 atom stereocenters. The van der Waals surface area contributed by atoms with Gasteiger partial charge in [0.15, 0.2) is 0 Å². The van der Waals surface area contributed by atoms with Crippen molar-refractivity contribution in [2.45, 2.75) is 24.5 Å². The van der Waals surface area contributed by atoms with Gasteiger partial charge in [0, 0.05) is 0 Å². The monoisotopic (exact) mass is 209 g/mol.